The van der Waals surface area contributed by atoms with Crippen LogP contribution in [0.4, 0.5) is 0 Å². The number of rotatable bonds is 4. The van der Waals surface area contributed by atoms with Crippen molar-refractivity contribution in [2.24, 2.45) is 7.05 Å². The molecular weight excluding hydrogens is 298 g/mol. The highest BCUT2D eigenvalue weighted by atomic mass is 32.2. The fourth-order valence-corrected chi connectivity index (χ4v) is 3.95. The fraction of sp³-hybridized carbons (Fsp3) is 0.438. The first kappa shape index (κ1) is 16.7. The topological polar surface area (TPSA) is 55.2 Å². The van der Waals surface area contributed by atoms with Crippen LogP contribution in [0.1, 0.15) is 28.1 Å². The van der Waals surface area contributed by atoms with E-state index in [9.17, 15) is 8.42 Å². The molecule has 2 rings (SSSR count). The Morgan fingerprint density at radius 2 is 1.82 bits per heavy atom. The van der Waals surface area contributed by atoms with E-state index < -0.39 is 10.0 Å². The van der Waals surface area contributed by atoms with Gasteiger partial charge < -0.3 is 0 Å². The predicted molar refractivity (Wildman–Crippen MR) is 87.3 cm³/mol. The summed E-state index contributed by atoms with van der Waals surface area (Å²) in [6.45, 7) is 7.89. The smallest absolute Gasteiger partial charge is 0.243 e. The van der Waals surface area contributed by atoms with E-state index in [0.717, 1.165) is 28.1 Å². The molecule has 5 nitrogen and oxygen atoms in total. The van der Waals surface area contributed by atoms with Crippen molar-refractivity contribution in [2.75, 3.05) is 7.05 Å². The van der Waals surface area contributed by atoms with Gasteiger partial charge in [0.2, 0.25) is 10.0 Å². The third-order valence-electron chi connectivity index (χ3n) is 4.07. The molecule has 0 saturated heterocycles. The lowest BCUT2D eigenvalue weighted by atomic mass is 10.2. The lowest BCUT2D eigenvalue weighted by molar-refractivity contribution is 0.464. The molecule has 0 spiro atoms. The molecule has 1 aromatic heterocycles. The number of aryl methyl sites for hydroxylation is 4. The Morgan fingerprint density at radius 1 is 1.18 bits per heavy atom. The molecule has 0 aliphatic carbocycles. The molecule has 0 atom stereocenters. The van der Waals surface area contributed by atoms with E-state index in [2.05, 4.69) is 5.10 Å². The summed E-state index contributed by atoms with van der Waals surface area (Å²) < 4.78 is 28.9. The highest BCUT2D eigenvalue weighted by Gasteiger charge is 2.25. The van der Waals surface area contributed by atoms with Crippen molar-refractivity contribution >= 4 is 10.0 Å². The molecule has 0 unspecified atom stereocenters. The van der Waals surface area contributed by atoms with Gasteiger partial charge in [0, 0.05) is 31.9 Å². The van der Waals surface area contributed by atoms with Crippen molar-refractivity contribution in [3.8, 4) is 0 Å². The lowest BCUT2D eigenvalue weighted by Crippen LogP contribution is -2.27. The van der Waals surface area contributed by atoms with Gasteiger partial charge in [0.05, 0.1) is 10.6 Å². The average Bonchev–Trinajstić information content (AvgIpc) is 2.67. The van der Waals surface area contributed by atoms with Crippen molar-refractivity contribution < 1.29 is 8.42 Å². The molecule has 0 radical (unpaired) electrons. The van der Waals surface area contributed by atoms with Crippen molar-refractivity contribution in [2.45, 2.75) is 39.1 Å². The zero-order chi connectivity index (χ0) is 16.7. The van der Waals surface area contributed by atoms with Gasteiger partial charge in [-0.25, -0.2) is 8.42 Å². The van der Waals surface area contributed by atoms with E-state index >= 15 is 0 Å². The number of nitrogens with zero attached hydrogens (tertiary/aromatic N) is 3. The van der Waals surface area contributed by atoms with Crippen molar-refractivity contribution in [3.63, 3.8) is 0 Å². The van der Waals surface area contributed by atoms with Crippen LogP contribution in [-0.4, -0.2) is 29.6 Å². The molecule has 0 saturated carbocycles. The second-order valence-electron chi connectivity index (χ2n) is 5.80. The van der Waals surface area contributed by atoms with Crippen molar-refractivity contribution in [3.05, 3.63) is 46.3 Å². The minimum atomic E-state index is -3.52. The molecule has 0 fully saturated rings. The van der Waals surface area contributed by atoms with Gasteiger partial charge in [-0.2, -0.15) is 9.40 Å². The SMILES string of the molecule is Cc1ccc(C)c(S(=O)(=O)N(C)Cc2c(C)nn(C)c2C)c1. The molecule has 0 bridgehead atoms. The predicted octanol–water partition coefficient (Wildman–Crippen LogP) is 2.47. The summed E-state index contributed by atoms with van der Waals surface area (Å²) in [7, 11) is -0.0381. The molecule has 2 aromatic rings. The Balaban J connectivity index is 2.39. The average molecular weight is 321 g/mol. The van der Waals surface area contributed by atoms with Gasteiger partial charge in [-0.1, -0.05) is 12.1 Å². The van der Waals surface area contributed by atoms with Crippen LogP contribution < -0.4 is 0 Å². The minimum Gasteiger partial charge on any atom is -0.272 e. The van der Waals surface area contributed by atoms with E-state index in [0.29, 0.717) is 11.4 Å². The molecule has 120 valence electrons. The summed E-state index contributed by atoms with van der Waals surface area (Å²) in [5, 5.41) is 4.35. The van der Waals surface area contributed by atoms with Gasteiger partial charge in [0.25, 0.3) is 0 Å². The molecular formula is C16H23N3O2S. The van der Waals surface area contributed by atoms with Crippen LogP contribution in [0, 0.1) is 27.7 Å². The van der Waals surface area contributed by atoms with Gasteiger partial charge in [0.1, 0.15) is 0 Å². The normalized spacial score (nSPS) is 12.1. The minimum absolute atomic E-state index is 0.321. The summed E-state index contributed by atoms with van der Waals surface area (Å²) in [4.78, 5) is 0.370. The van der Waals surface area contributed by atoms with Gasteiger partial charge in [-0.15, -0.1) is 0 Å². The second-order valence-corrected chi connectivity index (χ2v) is 7.82. The first-order valence-electron chi connectivity index (χ1n) is 7.17. The Hall–Kier alpha value is -1.66. The second kappa shape index (κ2) is 5.85. The molecule has 1 heterocycles. The van der Waals surface area contributed by atoms with Crippen LogP contribution in [0.15, 0.2) is 23.1 Å². The molecule has 0 N–H and O–H groups in total. The summed E-state index contributed by atoms with van der Waals surface area (Å²) >= 11 is 0. The Morgan fingerprint density at radius 3 is 2.36 bits per heavy atom. The summed E-state index contributed by atoms with van der Waals surface area (Å²) in [5.74, 6) is 0. The van der Waals surface area contributed by atoms with Crippen LogP contribution in [0.5, 0.6) is 0 Å². The number of benzene rings is 1. The van der Waals surface area contributed by atoms with Crippen LogP contribution in [0.3, 0.4) is 0 Å². The van der Waals surface area contributed by atoms with Crippen LogP contribution in [0.2, 0.25) is 0 Å². The Bertz CT molecular complexity index is 807. The van der Waals surface area contributed by atoms with Crippen LogP contribution in [-0.2, 0) is 23.6 Å². The first-order chi connectivity index (χ1) is 10.1. The molecule has 0 amide bonds. The molecule has 0 aliphatic rings. The maximum Gasteiger partial charge on any atom is 0.243 e. The van der Waals surface area contributed by atoms with Crippen molar-refractivity contribution in [1.29, 1.82) is 0 Å². The molecule has 22 heavy (non-hydrogen) atoms. The number of aromatic nitrogens is 2. The summed E-state index contributed by atoms with van der Waals surface area (Å²) in [6, 6.07) is 5.49. The number of hydrogen-bond donors (Lipinski definition) is 0. The molecule has 1 aromatic carbocycles. The highest BCUT2D eigenvalue weighted by molar-refractivity contribution is 7.89. The fourth-order valence-electron chi connectivity index (χ4n) is 2.51. The van der Waals surface area contributed by atoms with E-state index in [1.165, 1.54) is 4.31 Å². The van der Waals surface area contributed by atoms with Gasteiger partial charge in [-0.05, 0) is 44.9 Å². The summed E-state index contributed by atoms with van der Waals surface area (Å²) in [6.07, 6.45) is 0. The monoisotopic (exact) mass is 321 g/mol. The largest absolute Gasteiger partial charge is 0.272 e. The van der Waals surface area contributed by atoms with E-state index in [-0.39, 0.29) is 0 Å². The van der Waals surface area contributed by atoms with E-state index in [4.69, 9.17) is 0 Å². The standard InChI is InChI=1S/C16H23N3O2S/c1-11-7-8-12(2)16(9-11)22(20,21)18(5)10-15-13(3)17-19(6)14(15)4/h7-9H,10H2,1-6H3. The van der Waals surface area contributed by atoms with Crippen LogP contribution >= 0.6 is 0 Å². The number of sulfonamides is 1. The maximum atomic E-state index is 12.8. The molecule has 6 heteroatoms. The Kier molecular flexibility index (Phi) is 4.44. The zero-order valence-electron chi connectivity index (χ0n) is 14.0. The first-order valence-corrected chi connectivity index (χ1v) is 8.61. The Labute approximate surface area is 132 Å². The zero-order valence-corrected chi connectivity index (χ0v) is 14.8. The number of hydrogen-bond acceptors (Lipinski definition) is 3. The van der Waals surface area contributed by atoms with Crippen LogP contribution in [0.25, 0.3) is 0 Å². The van der Waals surface area contributed by atoms with Gasteiger partial charge in [0.15, 0.2) is 0 Å². The van der Waals surface area contributed by atoms with Gasteiger partial charge in [-0.3, -0.25) is 4.68 Å². The third kappa shape index (κ3) is 2.94. The van der Waals surface area contributed by atoms with Gasteiger partial charge >= 0.3 is 0 Å². The molecule has 0 aliphatic heterocycles. The quantitative estimate of drug-likeness (QED) is 0.869. The van der Waals surface area contributed by atoms with Crippen molar-refractivity contribution in [1.82, 2.24) is 14.1 Å². The third-order valence-corrected chi connectivity index (χ3v) is 6.02. The van der Waals surface area contributed by atoms with E-state index in [1.54, 1.807) is 17.8 Å². The highest BCUT2D eigenvalue weighted by Crippen LogP contribution is 2.23. The lowest BCUT2D eigenvalue weighted by Gasteiger charge is -2.19. The van der Waals surface area contributed by atoms with E-state index in [1.807, 2.05) is 46.9 Å². The maximum absolute atomic E-state index is 12.8. The summed E-state index contributed by atoms with van der Waals surface area (Å²) in [5.41, 5.74) is 4.51.